The topological polar surface area (TPSA) is 74.6 Å². The number of rotatable bonds is 0. The van der Waals surface area contributed by atoms with Crippen molar-refractivity contribution in [2.45, 2.75) is 0 Å². The number of carboxylic acids is 2. The third kappa shape index (κ3) is 5.63. The standard InChI is InChI=1S/C2H2O4.Pt/c3-1(4)2(5)6;/h(H,3,4)(H,5,6);/q;+4. The number of carbonyl (C=O) groups is 2. The average Bonchev–Trinajstić information content (AvgIpc) is 1.36. The van der Waals surface area contributed by atoms with E-state index in [9.17, 15) is 0 Å². The van der Waals surface area contributed by atoms with Crippen LogP contribution in [0.1, 0.15) is 0 Å². The molecule has 0 atom stereocenters. The van der Waals surface area contributed by atoms with Crippen molar-refractivity contribution < 1.29 is 40.9 Å². The summed E-state index contributed by atoms with van der Waals surface area (Å²) in [6.07, 6.45) is 0. The summed E-state index contributed by atoms with van der Waals surface area (Å²) in [5.74, 6) is -3.65. The van der Waals surface area contributed by atoms with Crippen LogP contribution in [0.5, 0.6) is 0 Å². The molecule has 0 aromatic heterocycles. The molecule has 0 aliphatic heterocycles. The van der Waals surface area contributed by atoms with Crippen LogP contribution in [0.3, 0.4) is 0 Å². The van der Waals surface area contributed by atoms with Crippen LogP contribution in [-0.4, -0.2) is 22.2 Å². The summed E-state index contributed by atoms with van der Waals surface area (Å²) in [7, 11) is 0. The van der Waals surface area contributed by atoms with E-state index in [4.69, 9.17) is 19.8 Å². The fourth-order valence-corrected chi connectivity index (χ4v) is 0. The molecule has 0 spiro atoms. The minimum absolute atomic E-state index is 0. The molecule has 0 amide bonds. The van der Waals surface area contributed by atoms with E-state index in [0.717, 1.165) is 0 Å². The predicted octanol–water partition coefficient (Wildman–Crippen LogP) is -0.847. The Morgan fingerprint density at radius 3 is 1.14 bits per heavy atom. The van der Waals surface area contributed by atoms with E-state index in [1.54, 1.807) is 0 Å². The van der Waals surface area contributed by atoms with Crippen molar-refractivity contribution in [3.05, 3.63) is 0 Å². The molecule has 40 valence electrons. The van der Waals surface area contributed by atoms with Gasteiger partial charge >= 0.3 is 33.0 Å². The summed E-state index contributed by atoms with van der Waals surface area (Å²) in [6.45, 7) is 0. The van der Waals surface area contributed by atoms with Crippen LogP contribution in [0, 0.1) is 0 Å². The van der Waals surface area contributed by atoms with Gasteiger partial charge in [-0.15, -0.1) is 0 Å². The predicted molar refractivity (Wildman–Crippen MR) is 15.3 cm³/mol. The van der Waals surface area contributed by atoms with Crippen molar-refractivity contribution in [2.24, 2.45) is 0 Å². The van der Waals surface area contributed by atoms with Gasteiger partial charge < -0.3 is 10.2 Å². The van der Waals surface area contributed by atoms with Gasteiger partial charge in [-0.1, -0.05) is 0 Å². The van der Waals surface area contributed by atoms with Gasteiger partial charge in [-0.2, -0.15) is 0 Å². The Kier molecular flexibility index (Phi) is 5.33. The molecule has 2 N–H and O–H groups in total. The van der Waals surface area contributed by atoms with E-state index >= 15 is 0 Å². The summed E-state index contributed by atoms with van der Waals surface area (Å²) in [6, 6.07) is 0. The van der Waals surface area contributed by atoms with E-state index in [-0.39, 0.29) is 21.1 Å². The molecule has 0 saturated carbocycles. The molecule has 0 aromatic rings. The Labute approximate surface area is 53.4 Å². The van der Waals surface area contributed by atoms with Crippen LogP contribution in [0.15, 0.2) is 0 Å². The van der Waals surface area contributed by atoms with E-state index in [1.807, 2.05) is 0 Å². The minimum Gasteiger partial charge on any atom is -0.473 e. The van der Waals surface area contributed by atoms with E-state index in [1.165, 1.54) is 0 Å². The Balaban J connectivity index is 0. The third-order valence-corrected chi connectivity index (χ3v) is 0.183. The van der Waals surface area contributed by atoms with Crippen LogP contribution in [0.4, 0.5) is 0 Å². The first-order valence-corrected chi connectivity index (χ1v) is 1.11. The number of carboxylic acid groups (broad SMARTS) is 2. The van der Waals surface area contributed by atoms with Crippen LogP contribution in [-0.2, 0) is 30.7 Å². The molecule has 0 aliphatic carbocycles. The second-order valence-corrected chi connectivity index (χ2v) is 0.610. The summed E-state index contributed by atoms with van der Waals surface area (Å²) in [5.41, 5.74) is 0. The molecule has 0 rings (SSSR count). The quantitative estimate of drug-likeness (QED) is 0.569. The Morgan fingerprint density at radius 2 is 1.14 bits per heavy atom. The molecule has 4 nitrogen and oxygen atoms in total. The van der Waals surface area contributed by atoms with Crippen LogP contribution >= 0.6 is 0 Å². The largest absolute Gasteiger partial charge is 4.00 e. The molecule has 0 bridgehead atoms. The smallest absolute Gasteiger partial charge is 0.473 e. The first-order chi connectivity index (χ1) is 2.64. The molecule has 0 aliphatic rings. The number of hydrogen-bond donors (Lipinski definition) is 2. The molecular weight excluding hydrogens is 283 g/mol. The van der Waals surface area contributed by atoms with Crippen molar-refractivity contribution in [2.75, 3.05) is 0 Å². The SMILES string of the molecule is O=C(O)C(=O)O.[Pt+4]. The Morgan fingerprint density at radius 1 is 1.00 bits per heavy atom. The van der Waals surface area contributed by atoms with Gasteiger partial charge in [-0.25, -0.2) is 9.59 Å². The molecule has 0 heterocycles. The normalized spacial score (nSPS) is 6.29. The van der Waals surface area contributed by atoms with Gasteiger partial charge in [0.25, 0.3) is 0 Å². The van der Waals surface area contributed by atoms with Crippen molar-refractivity contribution in [1.82, 2.24) is 0 Å². The van der Waals surface area contributed by atoms with Crippen LogP contribution < -0.4 is 0 Å². The summed E-state index contributed by atoms with van der Waals surface area (Å²) < 4.78 is 0. The van der Waals surface area contributed by atoms with Gasteiger partial charge in [0, 0.05) is 0 Å². The molecule has 5 heteroatoms. The van der Waals surface area contributed by atoms with Gasteiger partial charge in [0.1, 0.15) is 0 Å². The number of hydrogen-bond acceptors (Lipinski definition) is 2. The average molecular weight is 285 g/mol. The maximum atomic E-state index is 9.10. The van der Waals surface area contributed by atoms with Gasteiger partial charge in [-0.05, 0) is 0 Å². The fourth-order valence-electron chi connectivity index (χ4n) is 0. The van der Waals surface area contributed by atoms with Crippen molar-refractivity contribution in [1.29, 1.82) is 0 Å². The second kappa shape index (κ2) is 3.81. The van der Waals surface area contributed by atoms with Gasteiger partial charge in [0.05, 0.1) is 0 Å². The van der Waals surface area contributed by atoms with Gasteiger partial charge in [0.2, 0.25) is 0 Å². The molecule has 0 fully saturated rings. The van der Waals surface area contributed by atoms with Crippen LogP contribution in [0.2, 0.25) is 0 Å². The zero-order chi connectivity index (χ0) is 5.15. The van der Waals surface area contributed by atoms with Gasteiger partial charge in [0.15, 0.2) is 0 Å². The minimum atomic E-state index is -1.82. The summed E-state index contributed by atoms with van der Waals surface area (Å²) >= 11 is 0. The molecule has 0 aromatic carbocycles. The third-order valence-electron chi connectivity index (χ3n) is 0.183. The molecular formula is C2H2O4Pt+4. The first-order valence-electron chi connectivity index (χ1n) is 1.11. The molecule has 7 heavy (non-hydrogen) atoms. The maximum absolute atomic E-state index is 9.10. The zero-order valence-corrected chi connectivity index (χ0v) is 5.30. The molecule has 0 unspecified atom stereocenters. The van der Waals surface area contributed by atoms with Crippen molar-refractivity contribution in [3.63, 3.8) is 0 Å². The summed E-state index contributed by atoms with van der Waals surface area (Å²) in [5, 5.41) is 14.8. The van der Waals surface area contributed by atoms with Crippen molar-refractivity contribution in [3.8, 4) is 0 Å². The van der Waals surface area contributed by atoms with E-state index in [0.29, 0.717) is 0 Å². The molecule has 0 saturated heterocycles. The number of aliphatic carboxylic acids is 2. The second-order valence-electron chi connectivity index (χ2n) is 0.610. The monoisotopic (exact) mass is 285 g/mol. The molecule has 0 radical (unpaired) electrons. The van der Waals surface area contributed by atoms with Crippen molar-refractivity contribution >= 4 is 11.9 Å². The first kappa shape index (κ1) is 9.80. The Bertz CT molecular complexity index is 75.7. The Hall–Kier alpha value is -0.372. The maximum Gasteiger partial charge on any atom is 4.00 e. The van der Waals surface area contributed by atoms with Crippen LogP contribution in [0.25, 0.3) is 0 Å². The summed E-state index contributed by atoms with van der Waals surface area (Å²) in [4.78, 5) is 18.2. The van der Waals surface area contributed by atoms with E-state index < -0.39 is 11.9 Å². The fraction of sp³-hybridized carbons (Fsp3) is 0. The zero-order valence-electron chi connectivity index (χ0n) is 3.03. The van der Waals surface area contributed by atoms with E-state index in [2.05, 4.69) is 0 Å². The van der Waals surface area contributed by atoms with Gasteiger partial charge in [-0.3, -0.25) is 0 Å².